The van der Waals surface area contributed by atoms with Crippen molar-refractivity contribution in [2.24, 2.45) is 5.92 Å². The number of hydrogen-bond donors (Lipinski definition) is 1. The molecule has 1 heterocycles. The van der Waals surface area contributed by atoms with Crippen molar-refractivity contribution in [1.29, 1.82) is 0 Å². The fraction of sp³-hybridized carbons (Fsp3) is 0.467. The van der Waals surface area contributed by atoms with E-state index in [-0.39, 0.29) is 12.0 Å². The quantitative estimate of drug-likeness (QED) is 0.925. The first-order valence-corrected chi connectivity index (χ1v) is 8.41. The summed E-state index contributed by atoms with van der Waals surface area (Å²) in [5.41, 5.74) is 0.870. The van der Waals surface area contributed by atoms with Crippen LogP contribution in [0, 0.1) is 5.92 Å². The van der Waals surface area contributed by atoms with Gasteiger partial charge < -0.3 is 5.11 Å². The number of piperidine rings is 1. The average molecular weight is 295 g/mol. The fourth-order valence-electron chi connectivity index (χ4n) is 2.43. The van der Waals surface area contributed by atoms with Crippen molar-refractivity contribution in [1.82, 2.24) is 4.31 Å². The van der Waals surface area contributed by atoms with E-state index in [2.05, 4.69) is 0 Å². The van der Waals surface area contributed by atoms with Crippen LogP contribution in [0.4, 0.5) is 0 Å². The highest BCUT2D eigenvalue weighted by Crippen LogP contribution is 2.23. The molecule has 1 atom stereocenters. The summed E-state index contributed by atoms with van der Waals surface area (Å²) in [7, 11) is -3.36. The Bertz CT molecular complexity index is 544. The lowest BCUT2D eigenvalue weighted by Gasteiger charge is -2.31. The minimum absolute atomic E-state index is 0.208. The molecule has 110 valence electrons. The van der Waals surface area contributed by atoms with E-state index in [9.17, 15) is 13.5 Å². The molecule has 5 heteroatoms. The molecule has 1 unspecified atom stereocenters. The smallest absolute Gasteiger partial charge is 0.236 e. The van der Waals surface area contributed by atoms with Crippen molar-refractivity contribution >= 4 is 16.1 Å². The number of aliphatic hydroxyl groups excluding tert-OH is 1. The molecule has 1 saturated heterocycles. The third-order valence-corrected chi connectivity index (χ3v) is 5.34. The molecular formula is C15H21NO3S. The van der Waals surface area contributed by atoms with Crippen molar-refractivity contribution in [2.45, 2.75) is 25.9 Å². The lowest BCUT2D eigenvalue weighted by molar-refractivity contribution is 0.0914. The van der Waals surface area contributed by atoms with Gasteiger partial charge in [-0.3, -0.25) is 0 Å². The van der Waals surface area contributed by atoms with E-state index in [1.54, 1.807) is 13.0 Å². The van der Waals surface area contributed by atoms with Gasteiger partial charge in [-0.15, -0.1) is 0 Å². The van der Waals surface area contributed by atoms with Gasteiger partial charge in [-0.05, 0) is 37.3 Å². The zero-order valence-electron chi connectivity index (χ0n) is 11.6. The first-order valence-electron chi connectivity index (χ1n) is 6.90. The van der Waals surface area contributed by atoms with Gasteiger partial charge in [0.25, 0.3) is 0 Å². The van der Waals surface area contributed by atoms with E-state index >= 15 is 0 Å². The molecule has 0 bridgehead atoms. The lowest BCUT2D eigenvalue weighted by Crippen LogP contribution is -2.39. The van der Waals surface area contributed by atoms with Crippen LogP contribution in [-0.2, 0) is 10.0 Å². The molecule has 2 rings (SSSR count). The van der Waals surface area contributed by atoms with Gasteiger partial charge >= 0.3 is 0 Å². The van der Waals surface area contributed by atoms with Gasteiger partial charge in [0.15, 0.2) is 0 Å². The Kier molecular flexibility index (Phi) is 4.96. The molecule has 1 N–H and O–H groups in total. The molecule has 0 aromatic heterocycles. The Labute approximate surface area is 120 Å². The maximum Gasteiger partial charge on any atom is 0.236 e. The van der Waals surface area contributed by atoms with Crippen LogP contribution in [0.2, 0.25) is 0 Å². The van der Waals surface area contributed by atoms with Gasteiger partial charge in [0.1, 0.15) is 0 Å². The van der Waals surface area contributed by atoms with Crippen LogP contribution in [-0.4, -0.2) is 37.0 Å². The van der Waals surface area contributed by atoms with Crippen LogP contribution in [0.15, 0.2) is 35.7 Å². The van der Waals surface area contributed by atoms with Gasteiger partial charge in [0.05, 0.1) is 6.10 Å². The van der Waals surface area contributed by atoms with Gasteiger partial charge in [-0.25, -0.2) is 8.42 Å². The molecule has 0 amide bonds. The molecule has 1 aromatic rings. The molecule has 0 radical (unpaired) electrons. The van der Waals surface area contributed by atoms with E-state index in [0.717, 1.165) is 18.4 Å². The van der Waals surface area contributed by atoms with Crippen molar-refractivity contribution < 1.29 is 13.5 Å². The molecule has 1 aromatic carbocycles. The zero-order chi connectivity index (χ0) is 14.6. The maximum absolute atomic E-state index is 12.2. The number of rotatable bonds is 4. The van der Waals surface area contributed by atoms with Gasteiger partial charge in [-0.1, -0.05) is 30.3 Å². The Morgan fingerprint density at radius 3 is 2.40 bits per heavy atom. The standard InChI is InChI=1S/C15H21NO3S/c1-13(17)15-7-10-16(11-8-15)20(18,19)12-9-14-5-3-2-4-6-14/h2-6,9,12-13,15,17H,7-8,10-11H2,1H3/b12-9+. The Hall–Kier alpha value is -1.17. The topological polar surface area (TPSA) is 57.6 Å². The first-order chi connectivity index (χ1) is 9.49. The molecular weight excluding hydrogens is 274 g/mol. The van der Waals surface area contributed by atoms with E-state index in [1.807, 2.05) is 30.3 Å². The van der Waals surface area contributed by atoms with Crippen molar-refractivity contribution in [3.8, 4) is 0 Å². The van der Waals surface area contributed by atoms with Crippen LogP contribution >= 0.6 is 0 Å². The van der Waals surface area contributed by atoms with E-state index in [1.165, 1.54) is 9.71 Å². The van der Waals surface area contributed by atoms with Crippen LogP contribution in [0.25, 0.3) is 6.08 Å². The highest BCUT2D eigenvalue weighted by Gasteiger charge is 2.28. The van der Waals surface area contributed by atoms with Gasteiger partial charge in [0, 0.05) is 18.5 Å². The van der Waals surface area contributed by atoms with Crippen molar-refractivity contribution in [3.63, 3.8) is 0 Å². The second kappa shape index (κ2) is 6.52. The van der Waals surface area contributed by atoms with Crippen molar-refractivity contribution in [3.05, 3.63) is 41.3 Å². The Balaban J connectivity index is 2.00. The van der Waals surface area contributed by atoms with Crippen molar-refractivity contribution in [2.75, 3.05) is 13.1 Å². The summed E-state index contributed by atoms with van der Waals surface area (Å²) in [6.07, 6.45) is 2.70. The molecule has 20 heavy (non-hydrogen) atoms. The average Bonchev–Trinajstić information content (AvgIpc) is 2.46. The number of aliphatic hydroxyl groups is 1. The number of hydrogen-bond acceptors (Lipinski definition) is 3. The van der Waals surface area contributed by atoms with E-state index < -0.39 is 10.0 Å². The van der Waals surface area contributed by atoms with Gasteiger partial charge in [-0.2, -0.15) is 4.31 Å². The summed E-state index contributed by atoms with van der Waals surface area (Å²) in [6.45, 7) is 2.73. The largest absolute Gasteiger partial charge is 0.393 e. The minimum Gasteiger partial charge on any atom is -0.393 e. The third-order valence-electron chi connectivity index (χ3n) is 3.77. The molecule has 4 nitrogen and oxygen atoms in total. The predicted octanol–water partition coefficient (Wildman–Crippen LogP) is 2.08. The van der Waals surface area contributed by atoms with Crippen LogP contribution < -0.4 is 0 Å². The molecule has 1 fully saturated rings. The maximum atomic E-state index is 12.2. The molecule has 1 aliphatic heterocycles. The Morgan fingerprint density at radius 1 is 1.25 bits per heavy atom. The second-order valence-electron chi connectivity index (χ2n) is 5.24. The molecule has 0 saturated carbocycles. The second-order valence-corrected chi connectivity index (χ2v) is 7.05. The molecule has 1 aliphatic rings. The highest BCUT2D eigenvalue weighted by molar-refractivity contribution is 7.92. The Morgan fingerprint density at radius 2 is 1.85 bits per heavy atom. The summed E-state index contributed by atoms with van der Waals surface area (Å²) < 4.78 is 25.9. The molecule has 0 spiro atoms. The molecule has 0 aliphatic carbocycles. The van der Waals surface area contributed by atoms with Crippen LogP contribution in [0.1, 0.15) is 25.3 Å². The summed E-state index contributed by atoms with van der Waals surface area (Å²) in [4.78, 5) is 0. The number of nitrogens with zero attached hydrogens (tertiary/aromatic N) is 1. The summed E-state index contributed by atoms with van der Waals surface area (Å²) >= 11 is 0. The van der Waals surface area contributed by atoms with Gasteiger partial charge in [0.2, 0.25) is 10.0 Å². The highest BCUT2D eigenvalue weighted by atomic mass is 32.2. The van der Waals surface area contributed by atoms with E-state index in [0.29, 0.717) is 13.1 Å². The van der Waals surface area contributed by atoms with Crippen LogP contribution in [0.3, 0.4) is 0 Å². The number of benzene rings is 1. The monoisotopic (exact) mass is 295 g/mol. The SMILES string of the molecule is CC(O)C1CCN(S(=O)(=O)/C=C/c2ccccc2)CC1. The lowest BCUT2D eigenvalue weighted by atomic mass is 9.93. The minimum atomic E-state index is -3.36. The third kappa shape index (κ3) is 3.91. The summed E-state index contributed by atoms with van der Waals surface area (Å²) in [6, 6.07) is 9.38. The summed E-state index contributed by atoms with van der Waals surface area (Å²) in [5.74, 6) is 0.208. The number of sulfonamides is 1. The zero-order valence-corrected chi connectivity index (χ0v) is 12.5. The van der Waals surface area contributed by atoms with E-state index in [4.69, 9.17) is 0 Å². The summed E-state index contributed by atoms with van der Waals surface area (Å²) in [5, 5.41) is 10.8. The normalized spacial score (nSPS) is 20.3. The first kappa shape index (κ1) is 15.2. The fourth-order valence-corrected chi connectivity index (χ4v) is 3.65. The van der Waals surface area contributed by atoms with Crippen LogP contribution in [0.5, 0.6) is 0 Å². The predicted molar refractivity (Wildman–Crippen MR) is 80.4 cm³/mol.